The third-order valence-corrected chi connectivity index (χ3v) is 7.71. The van der Waals surface area contributed by atoms with Crippen molar-refractivity contribution < 1.29 is 19.7 Å². The number of aliphatic hydroxyl groups excluding tert-OH is 1. The summed E-state index contributed by atoms with van der Waals surface area (Å²) in [6.45, 7) is 4.49. The molecule has 2 aromatic carbocycles. The second-order valence-electron chi connectivity index (χ2n) is 9.73. The monoisotopic (exact) mass is 557 g/mol. The number of halogens is 2. The topological polar surface area (TPSA) is 86.1 Å². The summed E-state index contributed by atoms with van der Waals surface area (Å²) in [6.07, 6.45) is 3.85. The van der Waals surface area contributed by atoms with Crippen LogP contribution in [0.4, 0.5) is 0 Å². The SMILES string of the molecule is CO.CO[C@]1(c2ccc(Cl)cc2)c2ccc(C(C)(O)CN3CCCC3)cc2C(=O)N1Cc1ccc(Cl)cn1. The highest BCUT2D eigenvalue weighted by Crippen LogP contribution is 2.46. The molecule has 3 aromatic rings. The lowest BCUT2D eigenvalue weighted by atomic mass is 9.88. The summed E-state index contributed by atoms with van der Waals surface area (Å²) in [7, 11) is 2.59. The third kappa shape index (κ3) is 5.32. The van der Waals surface area contributed by atoms with Crippen molar-refractivity contribution in [3.63, 3.8) is 0 Å². The van der Waals surface area contributed by atoms with Crippen LogP contribution in [0.15, 0.2) is 60.8 Å². The van der Waals surface area contributed by atoms with E-state index in [1.807, 2.05) is 37.3 Å². The number of hydrogen-bond acceptors (Lipinski definition) is 6. The Balaban J connectivity index is 0.00000164. The zero-order chi connectivity index (χ0) is 27.5. The van der Waals surface area contributed by atoms with Crippen LogP contribution in [-0.4, -0.2) is 64.8 Å². The van der Waals surface area contributed by atoms with Crippen molar-refractivity contribution in [2.45, 2.75) is 37.6 Å². The Hall–Kier alpha value is -2.52. The second kappa shape index (κ2) is 11.7. The van der Waals surface area contributed by atoms with Crippen LogP contribution in [-0.2, 0) is 22.6 Å². The molecule has 1 aromatic heterocycles. The Labute approximate surface area is 233 Å². The number of carbonyl (C=O) groups excluding carboxylic acids is 1. The first-order chi connectivity index (χ1) is 18.2. The molecule has 0 spiro atoms. The number of carbonyl (C=O) groups is 1. The van der Waals surface area contributed by atoms with Crippen LogP contribution in [0.25, 0.3) is 0 Å². The van der Waals surface area contributed by atoms with Gasteiger partial charge in [-0.05, 0) is 68.8 Å². The molecule has 2 N–H and O–H groups in total. The molecule has 0 bridgehead atoms. The molecule has 1 saturated heterocycles. The highest BCUT2D eigenvalue weighted by atomic mass is 35.5. The molecular formula is C29H33Cl2N3O4. The van der Waals surface area contributed by atoms with Gasteiger partial charge in [0.2, 0.25) is 0 Å². The normalized spacial score (nSPS) is 20.6. The minimum absolute atomic E-state index is 0.197. The van der Waals surface area contributed by atoms with Crippen molar-refractivity contribution in [3.8, 4) is 0 Å². The van der Waals surface area contributed by atoms with E-state index in [-0.39, 0.29) is 12.5 Å². The fourth-order valence-corrected chi connectivity index (χ4v) is 5.66. The maximum atomic E-state index is 14.0. The number of benzene rings is 2. The molecule has 2 atom stereocenters. The standard InChI is InChI=1S/C28H29Cl2N3O3.CH4O/c1-27(35,18-32-13-3-4-14-32)20-7-12-25-24(15-20)26(34)33(17-23-11-10-22(30)16-31-23)28(25,36-2)19-5-8-21(29)9-6-19;1-2/h5-12,15-16,35H,3-4,13-14,17-18H2,1-2H3;2H,1H3/t27?,28-;/m1./s1. The van der Waals surface area contributed by atoms with E-state index in [9.17, 15) is 9.90 Å². The van der Waals surface area contributed by atoms with Crippen LogP contribution >= 0.6 is 23.2 Å². The van der Waals surface area contributed by atoms with Crippen molar-refractivity contribution in [3.05, 3.63) is 98.8 Å². The van der Waals surface area contributed by atoms with Crippen molar-refractivity contribution in [1.82, 2.24) is 14.8 Å². The number of methoxy groups -OCH3 is 1. The fraction of sp³-hybridized carbons (Fsp3) is 0.379. The summed E-state index contributed by atoms with van der Waals surface area (Å²) in [5, 5.41) is 19.5. The van der Waals surface area contributed by atoms with Gasteiger partial charge in [-0.1, -0.05) is 47.5 Å². The van der Waals surface area contributed by atoms with Gasteiger partial charge in [0.1, 0.15) is 0 Å². The molecule has 3 heterocycles. The van der Waals surface area contributed by atoms with Gasteiger partial charge in [0.05, 0.1) is 22.9 Å². The Morgan fingerprint density at radius 1 is 1.03 bits per heavy atom. The van der Waals surface area contributed by atoms with Crippen LogP contribution in [0, 0.1) is 0 Å². The maximum Gasteiger partial charge on any atom is 0.257 e. The molecule has 0 radical (unpaired) electrons. The van der Waals surface area contributed by atoms with E-state index in [2.05, 4.69) is 9.88 Å². The quantitative estimate of drug-likeness (QED) is 0.433. The largest absolute Gasteiger partial charge is 0.400 e. The number of likely N-dealkylation sites (tertiary alicyclic amines) is 1. The lowest BCUT2D eigenvalue weighted by molar-refractivity contribution is -0.0868. The Bertz CT molecular complexity index is 1260. The molecule has 1 unspecified atom stereocenters. The van der Waals surface area contributed by atoms with Gasteiger partial charge in [-0.2, -0.15) is 0 Å². The number of nitrogens with zero attached hydrogens (tertiary/aromatic N) is 3. The Kier molecular flexibility index (Phi) is 8.77. The summed E-state index contributed by atoms with van der Waals surface area (Å²) < 4.78 is 6.20. The number of ether oxygens (including phenoxy) is 1. The highest BCUT2D eigenvalue weighted by molar-refractivity contribution is 6.30. The van der Waals surface area contributed by atoms with E-state index in [1.165, 1.54) is 0 Å². The van der Waals surface area contributed by atoms with Crippen molar-refractivity contribution in [2.24, 2.45) is 0 Å². The van der Waals surface area contributed by atoms with E-state index >= 15 is 0 Å². The molecule has 7 nitrogen and oxygen atoms in total. The summed E-state index contributed by atoms with van der Waals surface area (Å²) in [5.41, 5.74) is 1.09. The molecule has 202 valence electrons. The zero-order valence-electron chi connectivity index (χ0n) is 21.8. The average molecular weight is 559 g/mol. The number of rotatable bonds is 7. The molecule has 2 aliphatic rings. The summed E-state index contributed by atoms with van der Waals surface area (Å²) in [6, 6.07) is 16.5. The van der Waals surface area contributed by atoms with Gasteiger partial charge in [0, 0.05) is 48.7 Å². The number of amides is 1. The van der Waals surface area contributed by atoms with Crippen LogP contribution < -0.4 is 0 Å². The molecule has 2 aliphatic heterocycles. The Morgan fingerprint density at radius 2 is 1.68 bits per heavy atom. The second-order valence-corrected chi connectivity index (χ2v) is 10.6. The van der Waals surface area contributed by atoms with Crippen LogP contribution in [0.5, 0.6) is 0 Å². The number of fused-ring (bicyclic) bond motifs is 1. The predicted octanol–water partition coefficient (Wildman–Crippen LogP) is 4.80. The minimum Gasteiger partial charge on any atom is -0.400 e. The number of hydrogen-bond donors (Lipinski definition) is 2. The third-order valence-electron chi connectivity index (χ3n) is 7.23. The van der Waals surface area contributed by atoms with Crippen LogP contribution in [0.1, 0.15) is 52.5 Å². The van der Waals surface area contributed by atoms with E-state index < -0.39 is 11.3 Å². The van der Waals surface area contributed by atoms with Crippen LogP contribution in [0.3, 0.4) is 0 Å². The van der Waals surface area contributed by atoms with Gasteiger partial charge < -0.3 is 19.8 Å². The van der Waals surface area contributed by atoms with Gasteiger partial charge in [-0.3, -0.25) is 14.7 Å². The van der Waals surface area contributed by atoms with E-state index in [1.54, 1.807) is 42.5 Å². The number of aliphatic hydroxyl groups is 2. The van der Waals surface area contributed by atoms with Crippen molar-refractivity contribution >= 4 is 29.1 Å². The molecule has 38 heavy (non-hydrogen) atoms. The van der Waals surface area contributed by atoms with Crippen LogP contribution in [0.2, 0.25) is 10.0 Å². The smallest absolute Gasteiger partial charge is 0.257 e. The highest BCUT2D eigenvalue weighted by Gasteiger charge is 2.52. The fourth-order valence-electron chi connectivity index (χ4n) is 5.42. The van der Waals surface area contributed by atoms with Gasteiger partial charge in [0.15, 0.2) is 5.72 Å². The molecule has 0 aliphatic carbocycles. The van der Waals surface area contributed by atoms with Gasteiger partial charge >= 0.3 is 0 Å². The average Bonchev–Trinajstić information content (AvgIpc) is 3.51. The first kappa shape index (κ1) is 28.5. The summed E-state index contributed by atoms with van der Waals surface area (Å²) >= 11 is 12.2. The molecule has 1 fully saturated rings. The van der Waals surface area contributed by atoms with Crippen molar-refractivity contribution in [2.75, 3.05) is 33.9 Å². The molecule has 9 heteroatoms. The van der Waals surface area contributed by atoms with Crippen molar-refractivity contribution in [1.29, 1.82) is 0 Å². The van der Waals surface area contributed by atoms with Gasteiger partial charge in [0.25, 0.3) is 5.91 Å². The lowest BCUT2D eigenvalue weighted by Gasteiger charge is -2.38. The van der Waals surface area contributed by atoms with E-state index in [4.69, 9.17) is 33.0 Å². The maximum absolute atomic E-state index is 14.0. The number of β-amino-alcohol motifs (C(OH)–C–C–N with tert-alkyl or cyclic N) is 1. The van der Waals surface area contributed by atoms with E-state index in [0.717, 1.165) is 38.6 Å². The first-order valence-corrected chi connectivity index (χ1v) is 13.3. The number of pyridine rings is 1. The minimum atomic E-state index is -1.18. The predicted molar refractivity (Wildman–Crippen MR) is 148 cm³/mol. The summed E-state index contributed by atoms with van der Waals surface area (Å²) in [4.78, 5) is 22.3. The zero-order valence-corrected chi connectivity index (χ0v) is 23.3. The van der Waals surface area contributed by atoms with Gasteiger partial charge in [-0.15, -0.1) is 0 Å². The molecule has 1 amide bonds. The number of aromatic nitrogens is 1. The van der Waals surface area contributed by atoms with Gasteiger partial charge in [-0.25, -0.2) is 0 Å². The first-order valence-electron chi connectivity index (χ1n) is 12.5. The lowest BCUT2D eigenvalue weighted by Crippen LogP contribution is -2.45. The molecule has 5 rings (SSSR count). The summed E-state index contributed by atoms with van der Waals surface area (Å²) in [5.74, 6) is -0.197. The molecule has 0 saturated carbocycles. The van der Waals surface area contributed by atoms with E-state index in [0.29, 0.717) is 39.0 Å². The Morgan fingerprint density at radius 3 is 2.29 bits per heavy atom. The molecular weight excluding hydrogens is 525 g/mol.